The van der Waals surface area contributed by atoms with Crippen LogP contribution in [0.1, 0.15) is 36.9 Å². The summed E-state index contributed by atoms with van der Waals surface area (Å²) in [7, 11) is 0. The van der Waals surface area contributed by atoms with Crippen molar-refractivity contribution in [2.75, 3.05) is 19.7 Å². The summed E-state index contributed by atoms with van der Waals surface area (Å²) >= 11 is 0. The number of benzene rings is 1. The van der Waals surface area contributed by atoms with Crippen LogP contribution in [0.2, 0.25) is 0 Å². The maximum absolute atomic E-state index is 12.2. The minimum atomic E-state index is -0.691. The van der Waals surface area contributed by atoms with Gasteiger partial charge in [0.25, 0.3) is 0 Å². The molecule has 0 saturated heterocycles. The maximum atomic E-state index is 12.2. The van der Waals surface area contributed by atoms with Gasteiger partial charge in [0.05, 0.1) is 17.6 Å². The van der Waals surface area contributed by atoms with Gasteiger partial charge in [0.15, 0.2) is 5.43 Å². The fourth-order valence-corrected chi connectivity index (χ4v) is 2.39. The van der Waals surface area contributed by atoms with Crippen LogP contribution in [0.4, 0.5) is 0 Å². The molecule has 0 atom stereocenters. The zero-order chi connectivity index (χ0) is 17.0. The molecule has 0 aliphatic rings. The van der Waals surface area contributed by atoms with Crippen LogP contribution in [0.15, 0.2) is 27.4 Å². The molecular formula is C17H21NO5. The molecule has 0 amide bonds. The quantitative estimate of drug-likeness (QED) is 0.824. The highest BCUT2D eigenvalue weighted by molar-refractivity contribution is 5.90. The summed E-state index contributed by atoms with van der Waals surface area (Å²) in [4.78, 5) is 26.2. The second-order valence-corrected chi connectivity index (χ2v) is 5.10. The first-order valence-electron chi connectivity index (χ1n) is 7.69. The van der Waals surface area contributed by atoms with Crippen LogP contribution >= 0.6 is 0 Å². The van der Waals surface area contributed by atoms with Crippen LogP contribution in [0, 0.1) is 0 Å². The van der Waals surface area contributed by atoms with Crippen LogP contribution in [0.25, 0.3) is 11.0 Å². The van der Waals surface area contributed by atoms with Gasteiger partial charge in [-0.1, -0.05) is 13.8 Å². The summed E-state index contributed by atoms with van der Waals surface area (Å²) in [6.07, 6.45) is 0. The van der Waals surface area contributed by atoms with Gasteiger partial charge < -0.3 is 14.3 Å². The average Bonchev–Trinajstić information content (AvgIpc) is 2.54. The van der Waals surface area contributed by atoms with Gasteiger partial charge in [0.2, 0.25) is 5.76 Å². The Hall–Kier alpha value is -2.34. The van der Waals surface area contributed by atoms with Crippen molar-refractivity contribution in [3.05, 3.63) is 39.7 Å². The molecule has 0 aliphatic carbocycles. The second-order valence-electron chi connectivity index (χ2n) is 5.10. The van der Waals surface area contributed by atoms with Gasteiger partial charge in [-0.3, -0.25) is 9.69 Å². The Morgan fingerprint density at radius 1 is 1.26 bits per heavy atom. The van der Waals surface area contributed by atoms with E-state index in [0.717, 1.165) is 19.2 Å². The molecule has 2 aromatic rings. The number of phenolic OH excluding ortho intramolecular Hbond substituents is 1. The zero-order valence-electron chi connectivity index (χ0n) is 13.6. The number of fused-ring (bicyclic) bond motifs is 1. The SMILES string of the molecule is CCOC(=O)c1cc(=O)c2ccc(O)c(CN(CC)CC)c2o1. The normalized spacial score (nSPS) is 11.1. The van der Waals surface area contributed by atoms with Crippen LogP contribution in [0.3, 0.4) is 0 Å². The molecule has 0 aliphatic heterocycles. The maximum Gasteiger partial charge on any atom is 0.374 e. The molecule has 6 heteroatoms. The van der Waals surface area contributed by atoms with E-state index in [4.69, 9.17) is 9.15 Å². The van der Waals surface area contributed by atoms with Crippen LogP contribution in [-0.2, 0) is 11.3 Å². The number of phenols is 1. The van der Waals surface area contributed by atoms with E-state index in [2.05, 4.69) is 4.90 Å². The van der Waals surface area contributed by atoms with Crippen molar-refractivity contribution in [3.63, 3.8) is 0 Å². The summed E-state index contributed by atoms with van der Waals surface area (Å²) < 4.78 is 10.5. The molecule has 1 heterocycles. The van der Waals surface area contributed by atoms with Crippen molar-refractivity contribution >= 4 is 16.9 Å². The molecule has 124 valence electrons. The van der Waals surface area contributed by atoms with Crippen molar-refractivity contribution in [1.29, 1.82) is 0 Å². The van der Waals surface area contributed by atoms with Gasteiger partial charge in [-0.25, -0.2) is 4.79 Å². The van der Waals surface area contributed by atoms with Crippen molar-refractivity contribution in [3.8, 4) is 5.75 Å². The third kappa shape index (κ3) is 3.53. The van der Waals surface area contributed by atoms with Gasteiger partial charge in [0.1, 0.15) is 11.3 Å². The Labute approximate surface area is 134 Å². The van der Waals surface area contributed by atoms with Gasteiger partial charge >= 0.3 is 5.97 Å². The van der Waals surface area contributed by atoms with E-state index in [1.54, 1.807) is 6.92 Å². The van der Waals surface area contributed by atoms with Crippen LogP contribution in [0.5, 0.6) is 5.75 Å². The van der Waals surface area contributed by atoms with Crippen molar-refractivity contribution in [2.45, 2.75) is 27.3 Å². The van der Waals surface area contributed by atoms with E-state index in [1.807, 2.05) is 13.8 Å². The summed E-state index contributed by atoms with van der Waals surface area (Å²) in [5.74, 6) is -0.812. The van der Waals surface area contributed by atoms with E-state index >= 15 is 0 Å². The fourth-order valence-electron chi connectivity index (χ4n) is 2.39. The zero-order valence-corrected chi connectivity index (χ0v) is 13.6. The van der Waals surface area contributed by atoms with Crippen molar-refractivity contribution in [2.24, 2.45) is 0 Å². The number of aromatic hydroxyl groups is 1. The average molecular weight is 319 g/mol. The summed E-state index contributed by atoms with van der Waals surface area (Å²) in [5.41, 5.74) is 0.386. The fraction of sp³-hybridized carbons (Fsp3) is 0.412. The van der Waals surface area contributed by atoms with E-state index < -0.39 is 5.97 Å². The number of carbonyl (C=O) groups excluding carboxylic acids is 1. The van der Waals surface area contributed by atoms with Crippen molar-refractivity contribution < 1.29 is 19.1 Å². The third-order valence-electron chi connectivity index (χ3n) is 3.73. The lowest BCUT2D eigenvalue weighted by Gasteiger charge is -2.19. The Bertz CT molecular complexity index is 761. The highest BCUT2D eigenvalue weighted by Crippen LogP contribution is 2.27. The summed E-state index contributed by atoms with van der Waals surface area (Å²) in [6.45, 7) is 7.87. The molecule has 0 saturated carbocycles. The number of rotatable bonds is 6. The van der Waals surface area contributed by atoms with Crippen LogP contribution in [-0.4, -0.2) is 35.7 Å². The standard InChI is InChI=1S/C17H21NO5/c1-4-18(5-2)10-12-13(19)8-7-11-14(20)9-15(23-16(11)12)17(21)22-6-3/h7-9,19H,4-6,10H2,1-3H3. The van der Waals surface area contributed by atoms with E-state index in [1.165, 1.54) is 12.1 Å². The molecule has 6 nitrogen and oxygen atoms in total. The van der Waals surface area contributed by atoms with Crippen molar-refractivity contribution in [1.82, 2.24) is 4.90 Å². The molecule has 0 radical (unpaired) electrons. The molecule has 0 unspecified atom stereocenters. The lowest BCUT2D eigenvalue weighted by molar-refractivity contribution is 0.0490. The summed E-state index contributed by atoms with van der Waals surface area (Å²) in [5, 5.41) is 10.5. The predicted molar refractivity (Wildman–Crippen MR) is 86.7 cm³/mol. The lowest BCUT2D eigenvalue weighted by atomic mass is 10.1. The minimum absolute atomic E-state index is 0.0357. The number of carbonyl (C=O) groups is 1. The predicted octanol–water partition coefficient (Wildman–Crippen LogP) is 2.52. The van der Waals surface area contributed by atoms with E-state index in [9.17, 15) is 14.7 Å². The Kier molecular flexibility index (Phi) is 5.39. The molecule has 0 bridgehead atoms. The number of esters is 1. The monoisotopic (exact) mass is 319 g/mol. The molecule has 0 spiro atoms. The number of nitrogens with zero attached hydrogens (tertiary/aromatic N) is 1. The highest BCUT2D eigenvalue weighted by atomic mass is 16.5. The second kappa shape index (κ2) is 7.28. The Balaban J connectivity index is 2.63. The third-order valence-corrected chi connectivity index (χ3v) is 3.73. The Morgan fingerprint density at radius 2 is 1.96 bits per heavy atom. The molecule has 0 fully saturated rings. The number of hydrogen-bond donors (Lipinski definition) is 1. The molecule has 1 aromatic heterocycles. The van der Waals surface area contributed by atoms with Gasteiger partial charge in [-0.15, -0.1) is 0 Å². The first-order valence-corrected chi connectivity index (χ1v) is 7.69. The first-order chi connectivity index (χ1) is 11.0. The largest absolute Gasteiger partial charge is 0.507 e. The summed E-state index contributed by atoms with van der Waals surface area (Å²) in [6, 6.07) is 4.10. The molecule has 23 heavy (non-hydrogen) atoms. The van der Waals surface area contributed by atoms with Gasteiger partial charge in [-0.2, -0.15) is 0 Å². The molecule has 1 N–H and O–H groups in total. The first kappa shape index (κ1) is 17.0. The number of hydrogen-bond acceptors (Lipinski definition) is 6. The molecule has 1 aromatic carbocycles. The van der Waals surface area contributed by atoms with Gasteiger partial charge in [0, 0.05) is 12.6 Å². The minimum Gasteiger partial charge on any atom is -0.507 e. The van der Waals surface area contributed by atoms with Gasteiger partial charge in [-0.05, 0) is 32.1 Å². The van der Waals surface area contributed by atoms with Crippen LogP contribution < -0.4 is 5.43 Å². The highest BCUT2D eigenvalue weighted by Gasteiger charge is 2.18. The topological polar surface area (TPSA) is 80.0 Å². The number of ether oxygens (including phenoxy) is 1. The molecular weight excluding hydrogens is 298 g/mol. The lowest BCUT2D eigenvalue weighted by Crippen LogP contribution is -2.22. The Morgan fingerprint density at radius 3 is 2.57 bits per heavy atom. The smallest absolute Gasteiger partial charge is 0.374 e. The molecule has 2 rings (SSSR count). The van der Waals surface area contributed by atoms with E-state index in [0.29, 0.717) is 17.5 Å². The van der Waals surface area contributed by atoms with E-state index in [-0.39, 0.29) is 29.1 Å².